The number of hydrogen-bond donors (Lipinski definition) is 1. The van der Waals surface area contributed by atoms with Crippen LogP contribution < -0.4 is 15.0 Å². The lowest BCUT2D eigenvalue weighted by molar-refractivity contribution is -0.117. The van der Waals surface area contributed by atoms with Crippen molar-refractivity contribution in [1.29, 1.82) is 0 Å². The predicted octanol–water partition coefficient (Wildman–Crippen LogP) is 4.47. The van der Waals surface area contributed by atoms with Crippen LogP contribution in [0.5, 0.6) is 5.75 Å². The maximum absolute atomic E-state index is 12.3. The molecule has 0 spiro atoms. The molecule has 0 aliphatic heterocycles. The van der Waals surface area contributed by atoms with E-state index in [4.69, 9.17) is 4.74 Å². The Hall–Kier alpha value is -2.82. The van der Waals surface area contributed by atoms with Crippen LogP contribution in [0.2, 0.25) is 0 Å². The molecular weight excluding hydrogens is 340 g/mol. The lowest BCUT2D eigenvalue weighted by Crippen LogP contribution is -2.32. The summed E-state index contributed by atoms with van der Waals surface area (Å²) in [6.45, 7) is 9.69. The summed E-state index contributed by atoms with van der Waals surface area (Å²) in [7, 11) is 0. The monoisotopic (exact) mass is 368 g/mol. The van der Waals surface area contributed by atoms with Gasteiger partial charge in [0.05, 0.1) is 11.8 Å². The second kappa shape index (κ2) is 9.21. The van der Waals surface area contributed by atoms with Crippen molar-refractivity contribution >= 4 is 23.2 Å². The highest BCUT2D eigenvalue weighted by molar-refractivity contribution is 5.95. The standard InChI is InChI=1S/C22H28N2O3/c1-15(2)27-21-9-7-6-8-20(21)24(18(5)25)13-12-22(26)23-19-11-10-16(3)17(4)14-19/h6-11,14-15H,12-13H2,1-5H3,(H,23,26). The van der Waals surface area contributed by atoms with E-state index in [1.807, 2.05) is 70.2 Å². The lowest BCUT2D eigenvalue weighted by Gasteiger charge is -2.24. The van der Waals surface area contributed by atoms with Gasteiger partial charge in [0.1, 0.15) is 5.75 Å². The van der Waals surface area contributed by atoms with Gasteiger partial charge in [-0.3, -0.25) is 9.59 Å². The molecule has 2 aromatic carbocycles. The molecule has 5 heteroatoms. The molecule has 144 valence electrons. The fourth-order valence-corrected chi connectivity index (χ4v) is 2.74. The van der Waals surface area contributed by atoms with Crippen molar-refractivity contribution in [2.75, 3.05) is 16.8 Å². The van der Waals surface area contributed by atoms with Crippen molar-refractivity contribution in [1.82, 2.24) is 0 Å². The molecule has 0 unspecified atom stereocenters. The molecule has 0 heterocycles. The molecule has 0 saturated heterocycles. The number of rotatable bonds is 7. The number of anilines is 2. The average molecular weight is 368 g/mol. The maximum Gasteiger partial charge on any atom is 0.226 e. The third-order valence-corrected chi connectivity index (χ3v) is 4.25. The first-order chi connectivity index (χ1) is 12.8. The van der Waals surface area contributed by atoms with Gasteiger partial charge in [-0.05, 0) is 63.1 Å². The number of nitrogens with one attached hydrogen (secondary N) is 1. The third kappa shape index (κ3) is 5.84. The van der Waals surface area contributed by atoms with Gasteiger partial charge in [-0.2, -0.15) is 0 Å². The van der Waals surface area contributed by atoms with Crippen LogP contribution in [-0.4, -0.2) is 24.5 Å². The maximum atomic E-state index is 12.3. The highest BCUT2D eigenvalue weighted by atomic mass is 16.5. The van der Waals surface area contributed by atoms with Crippen molar-refractivity contribution in [2.45, 2.75) is 47.1 Å². The summed E-state index contributed by atoms with van der Waals surface area (Å²) < 4.78 is 5.81. The van der Waals surface area contributed by atoms with E-state index in [2.05, 4.69) is 5.32 Å². The summed E-state index contributed by atoms with van der Waals surface area (Å²) in [5.41, 5.74) is 3.74. The summed E-state index contributed by atoms with van der Waals surface area (Å²) >= 11 is 0. The summed E-state index contributed by atoms with van der Waals surface area (Å²) in [4.78, 5) is 26.1. The Labute approximate surface area is 161 Å². The van der Waals surface area contributed by atoms with Crippen LogP contribution in [0.3, 0.4) is 0 Å². The molecule has 0 radical (unpaired) electrons. The molecule has 2 amide bonds. The van der Waals surface area contributed by atoms with Gasteiger partial charge in [0.15, 0.2) is 0 Å². The summed E-state index contributed by atoms with van der Waals surface area (Å²) in [5, 5.41) is 2.89. The van der Waals surface area contributed by atoms with E-state index in [9.17, 15) is 9.59 Å². The van der Waals surface area contributed by atoms with Gasteiger partial charge in [-0.15, -0.1) is 0 Å². The second-order valence-electron chi connectivity index (χ2n) is 6.90. The molecule has 0 atom stereocenters. The van der Waals surface area contributed by atoms with Gasteiger partial charge in [0.25, 0.3) is 0 Å². The van der Waals surface area contributed by atoms with E-state index in [1.165, 1.54) is 12.5 Å². The zero-order chi connectivity index (χ0) is 20.0. The number of carbonyl (C=O) groups excluding carboxylic acids is 2. The zero-order valence-corrected chi connectivity index (χ0v) is 16.7. The van der Waals surface area contributed by atoms with Crippen molar-refractivity contribution in [3.8, 4) is 5.75 Å². The second-order valence-corrected chi connectivity index (χ2v) is 6.90. The first-order valence-corrected chi connectivity index (χ1v) is 9.19. The highest BCUT2D eigenvalue weighted by Crippen LogP contribution is 2.29. The fourth-order valence-electron chi connectivity index (χ4n) is 2.74. The van der Waals surface area contributed by atoms with Crippen molar-refractivity contribution in [2.24, 2.45) is 0 Å². The van der Waals surface area contributed by atoms with E-state index < -0.39 is 0 Å². The highest BCUT2D eigenvalue weighted by Gasteiger charge is 2.18. The molecule has 2 aromatic rings. The van der Waals surface area contributed by atoms with Crippen molar-refractivity contribution < 1.29 is 14.3 Å². The number of amides is 2. The summed E-state index contributed by atoms with van der Waals surface area (Å²) in [5.74, 6) is 0.373. The number of carbonyl (C=O) groups is 2. The smallest absolute Gasteiger partial charge is 0.226 e. The molecule has 0 fully saturated rings. The molecule has 0 bridgehead atoms. The number of nitrogens with zero attached hydrogens (tertiary/aromatic N) is 1. The minimum atomic E-state index is -0.133. The Kier molecular flexibility index (Phi) is 6.99. The number of aryl methyl sites for hydroxylation is 2. The zero-order valence-electron chi connectivity index (χ0n) is 16.7. The minimum absolute atomic E-state index is 0.00645. The first-order valence-electron chi connectivity index (χ1n) is 9.19. The van der Waals surface area contributed by atoms with Crippen LogP contribution in [-0.2, 0) is 9.59 Å². The number of ether oxygens (including phenoxy) is 1. The first kappa shape index (κ1) is 20.5. The topological polar surface area (TPSA) is 58.6 Å². The van der Waals surface area contributed by atoms with Crippen LogP contribution in [0.15, 0.2) is 42.5 Å². The van der Waals surface area contributed by atoms with Crippen LogP contribution in [0.1, 0.15) is 38.3 Å². The van der Waals surface area contributed by atoms with Gasteiger partial charge in [-0.25, -0.2) is 0 Å². The molecule has 0 aliphatic rings. The molecule has 0 saturated carbocycles. The third-order valence-electron chi connectivity index (χ3n) is 4.25. The van der Waals surface area contributed by atoms with E-state index >= 15 is 0 Å². The number of benzene rings is 2. The quantitative estimate of drug-likeness (QED) is 0.784. The Morgan fingerprint density at radius 2 is 1.78 bits per heavy atom. The Morgan fingerprint density at radius 3 is 2.41 bits per heavy atom. The van der Waals surface area contributed by atoms with E-state index in [0.29, 0.717) is 11.4 Å². The Balaban J connectivity index is 2.07. The van der Waals surface area contributed by atoms with Gasteiger partial charge in [0.2, 0.25) is 11.8 Å². The number of hydrogen-bond acceptors (Lipinski definition) is 3. The summed E-state index contributed by atoms with van der Waals surface area (Å²) in [6, 6.07) is 13.2. The molecule has 2 rings (SSSR count). The predicted molar refractivity (Wildman–Crippen MR) is 109 cm³/mol. The lowest BCUT2D eigenvalue weighted by atomic mass is 10.1. The van der Waals surface area contributed by atoms with E-state index in [1.54, 1.807) is 4.90 Å². The molecular formula is C22H28N2O3. The van der Waals surface area contributed by atoms with Gasteiger partial charge in [0, 0.05) is 25.6 Å². The van der Waals surface area contributed by atoms with Gasteiger partial charge >= 0.3 is 0 Å². The largest absolute Gasteiger partial charge is 0.489 e. The van der Waals surface area contributed by atoms with Crippen molar-refractivity contribution in [3.05, 3.63) is 53.6 Å². The van der Waals surface area contributed by atoms with E-state index in [-0.39, 0.29) is 30.9 Å². The number of para-hydroxylation sites is 2. The normalized spacial score (nSPS) is 10.6. The van der Waals surface area contributed by atoms with Crippen LogP contribution >= 0.6 is 0 Å². The van der Waals surface area contributed by atoms with Gasteiger partial charge in [-0.1, -0.05) is 18.2 Å². The molecule has 0 aliphatic carbocycles. The molecule has 5 nitrogen and oxygen atoms in total. The molecule has 0 aromatic heterocycles. The van der Waals surface area contributed by atoms with Crippen LogP contribution in [0.25, 0.3) is 0 Å². The van der Waals surface area contributed by atoms with E-state index in [0.717, 1.165) is 11.3 Å². The fraction of sp³-hybridized carbons (Fsp3) is 0.364. The van der Waals surface area contributed by atoms with Crippen LogP contribution in [0.4, 0.5) is 11.4 Å². The SMILES string of the molecule is CC(=O)N(CCC(=O)Nc1ccc(C)c(C)c1)c1ccccc1OC(C)C. The molecule has 1 N–H and O–H groups in total. The van der Waals surface area contributed by atoms with Crippen LogP contribution in [0, 0.1) is 13.8 Å². The minimum Gasteiger partial charge on any atom is -0.489 e. The Morgan fingerprint density at radius 1 is 1.07 bits per heavy atom. The molecule has 27 heavy (non-hydrogen) atoms. The van der Waals surface area contributed by atoms with Crippen molar-refractivity contribution in [3.63, 3.8) is 0 Å². The van der Waals surface area contributed by atoms with Gasteiger partial charge < -0.3 is 15.0 Å². The Bertz CT molecular complexity index is 815. The average Bonchev–Trinajstić information content (AvgIpc) is 2.59. The summed E-state index contributed by atoms with van der Waals surface area (Å²) in [6.07, 6.45) is 0.190.